The van der Waals surface area contributed by atoms with E-state index in [-0.39, 0.29) is 0 Å². The smallest absolute Gasteiger partial charge is 0.135 e. The molecule has 0 bridgehead atoms. The SMILES string of the molecule is CC(C)c1nc(N)cc(NC2CCC2)n1. The second-order valence-electron chi connectivity index (χ2n) is 4.46. The summed E-state index contributed by atoms with van der Waals surface area (Å²) in [6, 6.07) is 2.39. The molecule has 1 heterocycles. The summed E-state index contributed by atoms with van der Waals surface area (Å²) < 4.78 is 0. The minimum Gasteiger partial charge on any atom is -0.384 e. The number of rotatable bonds is 3. The van der Waals surface area contributed by atoms with Crippen LogP contribution in [0.15, 0.2) is 6.07 Å². The van der Waals surface area contributed by atoms with Crippen LogP contribution >= 0.6 is 0 Å². The number of hydrogen-bond donors (Lipinski definition) is 2. The highest BCUT2D eigenvalue weighted by Gasteiger charge is 2.18. The van der Waals surface area contributed by atoms with Crippen molar-refractivity contribution in [2.24, 2.45) is 0 Å². The van der Waals surface area contributed by atoms with E-state index in [0.717, 1.165) is 11.6 Å². The zero-order chi connectivity index (χ0) is 10.8. The van der Waals surface area contributed by atoms with Gasteiger partial charge >= 0.3 is 0 Å². The molecule has 15 heavy (non-hydrogen) atoms. The van der Waals surface area contributed by atoms with Gasteiger partial charge in [0.25, 0.3) is 0 Å². The molecule has 1 aliphatic rings. The highest BCUT2D eigenvalue weighted by molar-refractivity contribution is 5.45. The van der Waals surface area contributed by atoms with E-state index in [4.69, 9.17) is 5.73 Å². The summed E-state index contributed by atoms with van der Waals surface area (Å²) in [7, 11) is 0. The molecule has 0 spiro atoms. The van der Waals surface area contributed by atoms with E-state index in [1.807, 2.05) is 6.07 Å². The Kier molecular flexibility index (Phi) is 2.75. The predicted octanol–water partition coefficient (Wildman–Crippen LogP) is 2.15. The third-order valence-corrected chi connectivity index (χ3v) is 2.74. The van der Waals surface area contributed by atoms with Crippen molar-refractivity contribution in [1.82, 2.24) is 9.97 Å². The standard InChI is InChI=1S/C11H18N4/c1-7(2)11-14-9(12)6-10(15-11)13-8-4-3-5-8/h6-8H,3-5H2,1-2H3,(H3,12,13,14,15). The minimum absolute atomic E-state index is 0.315. The van der Waals surface area contributed by atoms with Gasteiger partial charge in [-0.25, -0.2) is 9.97 Å². The zero-order valence-electron chi connectivity index (χ0n) is 9.33. The average Bonchev–Trinajstić information content (AvgIpc) is 2.10. The van der Waals surface area contributed by atoms with Crippen LogP contribution in [0.25, 0.3) is 0 Å². The largest absolute Gasteiger partial charge is 0.384 e. The van der Waals surface area contributed by atoms with Gasteiger partial charge in [0, 0.05) is 18.0 Å². The summed E-state index contributed by atoms with van der Waals surface area (Å²) in [6.45, 7) is 4.14. The molecule has 1 saturated carbocycles. The summed E-state index contributed by atoms with van der Waals surface area (Å²) in [5.74, 6) is 2.55. The summed E-state index contributed by atoms with van der Waals surface area (Å²) in [5.41, 5.74) is 5.74. The average molecular weight is 206 g/mol. The first kappa shape index (κ1) is 10.2. The first-order valence-corrected chi connectivity index (χ1v) is 5.56. The molecule has 2 rings (SSSR count). The van der Waals surface area contributed by atoms with Crippen LogP contribution in [0, 0.1) is 0 Å². The van der Waals surface area contributed by atoms with Crippen LogP contribution in [0.1, 0.15) is 44.9 Å². The van der Waals surface area contributed by atoms with Crippen molar-refractivity contribution >= 4 is 11.6 Å². The van der Waals surface area contributed by atoms with Gasteiger partial charge in [0.05, 0.1) is 0 Å². The summed E-state index contributed by atoms with van der Waals surface area (Å²) in [4.78, 5) is 8.66. The number of anilines is 2. The fourth-order valence-electron chi connectivity index (χ4n) is 1.58. The van der Waals surface area contributed by atoms with Crippen LogP contribution in [0.3, 0.4) is 0 Å². The minimum atomic E-state index is 0.315. The van der Waals surface area contributed by atoms with Gasteiger partial charge in [-0.15, -0.1) is 0 Å². The van der Waals surface area contributed by atoms with Crippen molar-refractivity contribution in [3.05, 3.63) is 11.9 Å². The maximum atomic E-state index is 5.74. The number of nitrogens with one attached hydrogen (secondary N) is 1. The van der Waals surface area contributed by atoms with Crippen molar-refractivity contribution in [3.63, 3.8) is 0 Å². The molecule has 1 fully saturated rings. The quantitative estimate of drug-likeness (QED) is 0.795. The molecule has 1 aromatic rings. The Hall–Kier alpha value is -1.32. The fourth-order valence-corrected chi connectivity index (χ4v) is 1.58. The summed E-state index contributed by atoms with van der Waals surface area (Å²) in [5, 5.41) is 3.38. The van der Waals surface area contributed by atoms with Crippen molar-refractivity contribution in [3.8, 4) is 0 Å². The number of nitrogen functional groups attached to an aromatic ring is 1. The molecule has 0 saturated heterocycles. The van der Waals surface area contributed by atoms with E-state index in [0.29, 0.717) is 17.8 Å². The highest BCUT2D eigenvalue weighted by atomic mass is 15.1. The molecule has 0 aromatic carbocycles. The van der Waals surface area contributed by atoms with Crippen LogP contribution < -0.4 is 11.1 Å². The Morgan fingerprint density at radius 2 is 2.13 bits per heavy atom. The van der Waals surface area contributed by atoms with Crippen molar-refractivity contribution < 1.29 is 0 Å². The van der Waals surface area contributed by atoms with Crippen LogP contribution in [-0.4, -0.2) is 16.0 Å². The number of nitrogens with zero attached hydrogens (tertiary/aromatic N) is 2. The molecule has 0 unspecified atom stereocenters. The number of hydrogen-bond acceptors (Lipinski definition) is 4. The first-order chi connectivity index (χ1) is 7.15. The molecule has 4 nitrogen and oxygen atoms in total. The Bertz CT molecular complexity index is 344. The third-order valence-electron chi connectivity index (χ3n) is 2.74. The van der Waals surface area contributed by atoms with Gasteiger partial charge < -0.3 is 11.1 Å². The van der Waals surface area contributed by atoms with Gasteiger partial charge in [-0.05, 0) is 19.3 Å². The van der Waals surface area contributed by atoms with E-state index >= 15 is 0 Å². The lowest BCUT2D eigenvalue weighted by molar-refractivity contribution is 0.444. The monoisotopic (exact) mass is 206 g/mol. The lowest BCUT2D eigenvalue weighted by Crippen LogP contribution is -2.27. The molecular weight excluding hydrogens is 188 g/mol. The highest BCUT2D eigenvalue weighted by Crippen LogP contribution is 2.23. The molecule has 1 aliphatic carbocycles. The molecule has 4 heteroatoms. The van der Waals surface area contributed by atoms with E-state index in [2.05, 4.69) is 29.1 Å². The third kappa shape index (κ3) is 2.37. The topological polar surface area (TPSA) is 63.8 Å². The van der Waals surface area contributed by atoms with Crippen LogP contribution in [0.4, 0.5) is 11.6 Å². The summed E-state index contributed by atoms with van der Waals surface area (Å²) >= 11 is 0. The van der Waals surface area contributed by atoms with Crippen molar-refractivity contribution in [1.29, 1.82) is 0 Å². The van der Waals surface area contributed by atoms with Gasteiger partial charge in [0.15, 0.2) is 0 Å². The molecular formula is C11H18N4. The lowest BCUT2D eigenvalue weighted by Gasteiger charge is -2.27. The second-order valence-corrected chi connectivity index (χ2v) is 4.46. The van der Waals surface area contributed by atoms with Crippen LogP contribution in [-0.2, 0) is 0 Å². The molecule has 3 N–H and O–H groups in total. The lowest BCUT2D eigenvalue weighted by atomic mass is 9.93. The van der Waals surface area contributed by atoms with Gasteiger partial charge in [-0.3, -0.25) is 0 Å². The molecule has 0 aliphatic heterocycles. The molecule has 82 valence electrons. The van der Waals surface area contributed by atoms with Gasteiger partial charge in [0.1, 0.15) is 17.5 Å². The number of nitrogens with two attached hydrogens (primary N) is 1. The normalized spacial score (nSPS) is 16.5. The molecule has 0 atom stereocenters. The van der Waals surface area contributed by atoms with Gasteiger partial charge in [0.2, 0.25) is 0 Å². The van der Waals surface area contributed by atoms with Gasteiger partial charge in [-0.1, -0.05) is 13.8 Å². The predicted molar refractivity (Wildman–Crippen MR) is 61.8 cm³/mol. The van der Waals surface area contributed by atoms with E-state index < -0.39 is 0 Å². The molecule has 0 radical (unpaired) electrons. The molecule has 0 amide bonds. The molecule has 1 aromatic heterocycles. The maximum absolute atomic E-state index is 5.74. The van der Waals surface area contributed by atoms with Crippen LogP contribution in [0.5, 0.6) is 0 Å². The van der Waals surface area contributed by atoms with Gasteiger partial charge in [-0.2, -0.15) is 0 Å². The van der Waals surface area contributed by atoms with Crippen LogP contribution in [0.2, 0.25) is 0 Å². The Balaban J connectivity index is 2.15. The van der Waals surface area contributed by atoms with E-state index in [1.54, 1.807) is 0 Å². The van der Waals surface area contributed by atoms with E-state index in [9.17, 15) is 0 Å². The Morgan fingerprint density at radius 3 is 2.67 bits per heavy atom. The van der Waals surface area contributed by atoms with Crippen molar-refractivity contribution in [2.75, 3.05) is 11.1 Å². The fraction of sp³-hybridized carbons (Fsp3) is 0.636. The Labute approximate surface area is 90.3 Å². The Morgan fingerprint density at radius 1 is 1.40 bits per heavy atom. The maximum Gasteiger partial charge on any atom is 0.135 e. The second kappa shape index (κ2) is 4.04. The zero-order valence-corrected chi connectivity index (χ0v) is 9.33. The number of aromatic nitrogens is 2. The van der Waals surface area contributed by atoms with E-state index in [1.165, 1.54) is 19.3 Å². The first-order valence-electron chi connectivity index (χ1n) is 5.56. The van der Waals surface area contributed by atoms with Crippen molar-refractivity contribution in [2.45, 2.75) is 45.1 Å². The summed E-state index contributed by atoms with van der Waals surface area (Å²) in [6.07, 6.45) is 3.79.